The SMILES string of the molecule is O=C(CSc1nnc(-c2ccccn2)o1)Nc1cc(Cl)ccc1N1CCOCC1. The van der Waals surface area contributed by atoms with Crippen LogP contribution in [0.3, 0.4) is 0 Å². The van der Waals surface area contributed by atoms with Crippen molar-refractivity contribution < 1.29 is 13.9 Å². The quantitative estimate of drug-likeness (QED) is 0.594. The first-order valence-corrected chi connectivity index (χ1v) is 10.4. The van der Waals surface area contributed by atoms with Crippen LogP contribution in [0.25, 0.3) is 11.6 Å². The van der Waals surface area contributed by atoms with Crippen LogP contribution in [0.4, 0.5) is 11.4 Å². The summed E-state index contributed by atoms with van der Waals surface area (Å²) in [6, 6.07) is 10.9. The van der Waals surface area contributed by atoms with Gasteiger partial charge < -0.3 is 19.4 Å². The number of halogens is 1. The van der Waals surface area contributed by atoms with Crippen LogP contribution in [-0.4, -0.2) is 53.1 Å². The lowest BCUT2D eigenvalue weighted by atomic mass is 10.2. The number of hydrogen-bond donors (Lipinski definition) is 1. The number of benzene rings is 1. The lowest BCUT2D eigenvalue weighted by Gasteiger charge is -2.30. The molecule has 4 rings (SSSR count). The number of nitrogens with zero attached hydrogens (tertiary/aromatic N) is 4. The molecule has 1 saturated heterocycles. The van der Waals surface area contributed by atoms with Crippen molar-refractivity contribution in [3.05, 3.63) is 47.6 Å². The maximum absolute atomic E-state index is 12.5. The van der Waals surface area contributed by atoms with E-state index < -0.39 is 0 Å². The summed E-state index contributed by atoms with van der Waals surface area (Å²) in [6.45, 7) is 2.83. The summed E-state index contributed by atoms with van der Waals surface area (Å²) >= 11 is 7.30. The Morgan fingerprint density at radius 3 is 2.86 bits per heavy atom. The van der Waals surface area contributed by atoms with Gasteiger partial charge in [-0.1, -0.05) is 29.4 Å². The molecule has 0 unspecified atom stereocenters. The van der Waals surface area contributed by atoms with Gasteiger partial charge in [-0.3, -0.25) is 9.78 Å². The van der Waals surface area contributed by atoms with E-state index in [0.717, 1.165) is 30.5 Å². The Bertz CT molecular complexity index is 979. The summed E-state index contributed by atoms with van der Waals surface area (Å²) in [6.07, 6.45) is 1.65. The Hall–Kier alpha value is -2.62. The first-order valence-electron chi connectivity index (χ1n) is 8.99. The fourth-order valence-corrected chi connectivity index (χ4v) is 3.60. The van der Waals surface area contributed by atoms with E-state index in [1.807, 2.05) is 18.2 Å². The first-order chi connectivity index (χ1) is 14.2. The molecule has 1 aliphatic rings. The van der Waals surface area contributed by atoms with Gasteiger partial charge in [-0.15, -0.1) is 10.2 Å². The van der Waals surface area contributed by atoms with Crippen LogP contribution in [0.15, 0.2) is 52.2 Å². The number of nitrogens with one attached hydrogen (secondary N) is 1. The normalized spacial score (nSPS) is 14.0. The molecule has 0 radical (unpaired) electrons. The van der Waals surface area contributed by atoms with E-state index in [4.69, 9.17) is 20.8 Å². The van der Waals surface area contributed by atoms with Crippen molar-refractivity contribution >= 4 is 40.6 Å². The fourth-order valence-electron chi connectivity index (χ4n) is 2.86. The minimum atomic E-state index is -0.190. The van der Waals surface area contributed by atoms with Crippen LogP contribution in [-0.2, 0) is 9.53 Å². The Morgan fingerprint density at radius 2 is 2.07 bits per heavy atom. The van der Waals surface area contributed by atoms with E-state index in [1.54, 1.807) is 24.4 Å². The Balaban J connectivity index is 1.39. The topological polar surface area (TPSA) is 93.4 Å². The second-order valence-corrected chi connectivity index (χ2v) is 7.55. The van der Waals surface area contributed by atoms with Gasteiger partial charge in [0.25, 0.3) is 11.1 Å². The van der Waals surface area contributed by atoms with Gasteiger partial charge in [0.2, 0.25) is 5.91 Å². The molecule has 0 saturated carbocycles. The van der Waals surface area contributed by atoms with Crippen LogP contribution in [0.2, 0.25) is 5.02 Å². The average molecular weight is 432 g/mol. The first kappa shape index (κ1) is 19.7. The molecule has 0 bridgehead atoms. The van der Waals surface area contributed by atoms with Crippen LogP contribution in [0, 0.1) is 0 Å². The average Bonchev–Trinajstić information content (AvgIpc) is 3.23. The number of pyridine rings is 1. The van der Waals surface area contributed by atoms with Crippen LogP contribution < -0.4 is 10.2 Å². The van der Waals surface area contributed by atoms with Crippen molar-refractivity contribution in [1.29, 1.82) is 0 Å². The highest BCUT2D eigenvalue weighted by molar-refractivity contribution is 7.99. The zero-order valence-electron chi connectivity index (χ0n) is 15.4. The Labute approximate surface area is 176 Å². The van der Waals surface area contributed by atoms with Crippen LogP contribution in [0.1, 0.15) is 0 Å². The molecule has 0 atom stereocenters. The highest BCUT2D eigenvalue weighted by atomic mass is 35.5. The maximum Gasteiger partial charge on any atom is 0.277 e. The van der Waals surface area contributed by atoms with Crippen molar-refractivity contribution in [2.75, 3.05) is 42.3 Å². The third-order valence-corrected chi connectivity index (χ3v) is 5.26. The molecular weight excluding hydrogens is 414 g/mol. The number of morpholine rings is 1. The smallest absolute Gasteiger partial charge is 0.277 e. The summed E-state index contributed by atoms with van der Waals surface area (Å²) < 4.78 is 11.0. The molecule has 3 aromatic rings. The van der Waals surface area contributed by atoms with E-state index >= 15 is 0 Å². The lowest BCUT2D eigenvalue weighted by molar-refractivity contribution is -0.113. The van der Waals surface area contributed by atoms with Crippen LogP contribution >= 0.6 is 23.4 Å². The number of carbonyl (C=O) groups is 1. The molecule has 2 aromatic heterocycles. The van der Waals surface area contributed by atoms with Crippen molar-refractivity contribution in [1.82, 2.24) is 15.2 Å². The van der Waals surface area contributed by atoms with E-state index in [1.165, 1.54) is 0 Å². The molecule has 1 N–H and O–H groups in total. The monoisotopic (exact) mass is 431 g/mol. The van der Waals surface area contributed by atoms with E-state index in [2.05, 4.69) is 25.4 Å². The predicted molar refractivity (Wildman–Crippen MR) is 111 cm³/mol. The second-order valence-electron chi connectivity index (χ2n) is 6.19. The molecule has 1 aliphatic heterocycles. The highest BCUT2D eigenvalue weighted by Crippen LogP contribution is 2.30. The van der Waals surface area contributed by atoms with Gasteiger partial charge in [0.15, 0.2) is 0 Å². The largest absolute Gasteiger partial charge is 0.410 e. The molecule has 1 fully saturated rings. The number of amides is 1. The zero-order chi connectivity index (χ0) is 20.1. The number of aromatic nitrogens is 3. The number of anilines is 2. The minimum Gasteiger partial charge on any atom is -0.410 e. The summed E-state index contributed by atoms with van der Waals surface area (Å²) in [7, 11) is 0. The van der Waals surface area contributed by atoms with Crippen molar-refractivity contribution in [2.24, 2.45) is 0 Å². The third-order valence-electron chi connectivity index (χ3n) is 4.20. The van der Waals surface area contributed by atoms with Crippen molar-refractivity contribution in [2.45, 2.75) is 5.22 Å². The van der Waals surface area contributed by atoms with Gasteiger partial charge in [0.05, 0.1) is 30.3 Å². The van der Waals surface area contributed by atoms with Gasteiger partial charge in [-0.25, -0.2) is 0 Å². The Kier molecular flexibility index (Phi) is 6.28. The molecule has 8 nitrogen and oxygen atoms in total. The summed E-state index contributed by atoms with van der Waals surface area (Å²) in [5.74, 6) is 0.251. The summed E-state index contributed by atoms with van der Waals surface area (Å²) in [4.78, 5) is 18.8. The molecular formula is C19H18ClN5O3S. The van der Waals surface area contributed by atoms with E-state index in [9.17, 15) is 4.79 Å². The lowest BCUT2D eigenvalue weighted by Crippen LogP contribution is -2.36. The molecule has 10 heteroatoms. The van der Waals surface area contributed by atoms with Gasteiger partial charge in [0, 0.05) is 24.3 Å². The molecule has 150 valence electrons. The van der Waals surface area contributed by atoms with E-state index in [-0.39, 0.29) is 11.7 Å². The third kappa shape index (κ3) is 5.06. The summed E-state index contributed by atoms with van der Waals surface area (Å²) in [5, 5.41) is 11.7. The molecule has 1 amide bonds. The molecule has 3 heterocycles. The number of hydrogen-bond acceptors (Lipinski definition) is 8. The van der Waals surface area contributed by atoms with Crippen molar-refractivity contribution in [3.8, 4) is 11.6 Å². The number of thioether (sulfide) groups is 1. The zero-order valence-corrected chi connectivity index (χ0v) is 16.9. The van der Waals surface area contributed by atoms with Gasteiger partial charge in [-0.05, 0) is 30.3 Å². The Morgan fingerprint density at radius 1 is 1.21 bits per heavy atom. The highest BCUT2D eigenvalue weighted by Gasteiger charge is 2.17. The van der Waals surface area contributed by atoms with Crippen molar-refractivity contribution in [3.63, 3.8) is 0 Å². The number of ether oxygens (including phenoxy) is 1. The van der Waals surface area contributed by atoms with Gasteiger partial charge in [-0.2, -0.15) is 0 Å². The van der Waals surface area contributed by atoms with E-state index in [0.29, 0.717) is 40.7 Å². The number of rotatable bonds is 6. The molecule has 29 heavy (non-hydrogen) atoms. The molecule has 1 aromatic carbocycles. The predicted octanol–water partition coefficient (Wildman–Crippen LogP) is 3.35. The maximum atomic E-state index is 12.5. The minimum absolute atomic E-state index is 0.124. The second kappa shape index (κ2) is 9.25. The molecule has 0 aliphatic carbocycles. The van der Waals surface area contributed by atoms with Gasteiger partial charge >= 0.3 is 0 Å². The fraction of sp³-hybridized carbons (Fsp3) is 0.263. The molecule has 0 spiro atoms. The summed E-state index contributed by atoms with van der Waals surface area (Å²) in [5.41, 5.74) is 2.18. The standard InChI is InChI=1S/C19H18ClN5O3S/c20-13-4-5-16(25-7-9-27-10-8-25)15(11-13)22-17(26)12-29-19-24-23-18(28-19)14-3-1-2-6-21-14/h1-6,11H,7-10,12H2,(H,22,26). The van der Waals surface area contributed by atoms with Gasteiger partial charge in [0.1, 0.15) is 5.69 Å². The van der Waals surface area contributed by atoms with Crippen LogP contribution in [0.5, 0.6) is 0 Å². The number of carbonyl (C=O) groups excluding carboxylic acids is 1.